The number of aliphatic carboxylic acids is 1. The van der Waals surface area contributed by atoms with Gasteiger partial charge in [0.05, 0.1) is 6.61 Å². The summed E-state index contributed by atoms with van der Waals surface area (Å²) in [4.78, 5) is 36.8. The van der Waals surface area contributed by atoms with Gasteiger partial charge in [0.2, 0.25) is 0 Å². The van der Waals surface area contributed by atoms with Gasteiger partial charge in [-0.15, -0.1) is 0 Å². The quantitative estimate of drug-likeness (QED) is 0.617. The zero-order valence-corrected chi connectivity index (χ0v) is 12.2. The van der Waals surface area contributed by atoms with Crippen LogP contribution in [0.4, 0.5) is 4.79 Å². The number of amides is 1. The number of Topliss-reactive ketones (excluding diaryl/α,β-unsaturated/α-hetero) is 1. The second-order valence-electron chi connectivity index (χ2n) is 5.12. The van der Waals surface area contributed by atoms with E-state index in [0.29, 0.717) is 6.61 Å². The largest absolute Gasteiger partial charge is 0.480 e. The van der Waals surface area contributed by atoms with Crippen molar-refractivity contribution in [2.45, 2.75) is 46.0 Å². The summed E-state index contributed by atoms with van der Waals surface area (Å²) < 4.78 is 5.10. The number of hydrogen-bond acceptors (Lipinski definition) is 4. The van der Waals surface area contributed by atoms with Gasteiger partial charge in [-0.2, -0.15) is 0 Å². The summed E-state index contributed by atoms with van der Waals surface area (Å²) >= 11 is 0. The number of carboxylic acids is 1. The Bertz CT molecular complexity index is 382. The van der Waals surface area contributed by atoms with E-state index in [1.807, 2.05) is 6.92 Å². The molecule has 20 heavy (non-hydrogen) atoms. The molecule has 1 N–H and O–H groups in total. The minimum atomic E-state index is -1.35. The lowest BCUT2D eigenvalue weighted by Crippen LogP contribution is -2.39. The van der Waals surface area contributed by atoms with Gasteiger partial charge >= 0.3 is 12.1 Å². The van der Waals surface area contributed by atoms with E-state index in [0.717, 1.165) is 12.8 Å². The molecule has 1 aliphatic heterocycles. The summed E-state index contributed by atoms with van der Waals surface area (Å²) in [5.74, 6) is -1.39. The summed E-state index contributed by atoms with van der Waals surface area (Å²) in [7, 11) is 0. The normalized spacial score (nSPS) is 23.3. The predicted octanol–water partition coefficient (Wildman–Crippen LogP) is 2.07. The summed E-state index contributed by atoms with van der Waals surface area (Å²) in [5, 5.41) is 9.33. The van der Waals surface area contributed by atoms with Crippen molar-refractivity contribution >= 4 is 17.8 Å². The van der Waals surface area contributed by atoms with E-state index in [-0.39, 0.29) is 38.1 Å². The highest BCUT2D eigenvalue weighted by Gasteiger charge is 2.45. The average molecular weight is 285 g/mol. The van der Waals surface area contributed by atoms with Gasteiger partial charge in [-0.05, 0) is 19.3 Å². The van der Waals surface area contributed by atoms with Gasteiger partial charge in [0, 0.05) is 19.5 Å². The van der Waals surface area contributed by atoms with E-state index in [1.165, 1.54) is 4.90 Å². The Morgan fingerprint density at radius 1 is 1.35 bits per heavy atom. The van der Waals surface area contributed by atoms with Crippen molar-refractivity contribution in [3.63, 3.8) is 0 Å². The Balaban J connectivity index is 2.68. The number of ether oxygens (including phenoxy) is 1. The van der Waals surface area contributed by atoms with Gasteiger partial charge in [0.15, 0.2) is 5.78 Å². The summed E-state index contributed by atoms with van der Waals surface area (Å²) in [5.41, 5.74) is -1.35. The molecule has 0 aromatic heterocycles. The number of hydrogen-bond donors (Lipinski definition) is 1. The molecule has 1 rings (SSSR count). The van der Waals surface area contributed by atoms with Gasteiger partial charge in [0.1, 0.15) is 5.41 Å². The SMILES string of the molecule is CCCCOC(=O)N1CCC(=O)C(CC)(C(=O)O)CC1. The first kappa shape index (κ1) is 16.5. The molecule has 0 radical (unpaired) electrons. The number of carbonyl (C=O) groups is 3. The number of rotatable bonds is 5. The van der Waals surface area contributed by atoms with Crippen LogP contribution in [0.25, 0.3) is 0 Å². The molecule has 6 nitrogen and oxygen atoms in total. The highest BCUT2D eigenvalue weighted by Crippen LogP contribution is 2.32. The topological polar surface area (TPSA) is 83.9 Å². The molecule has 0 aliphatic carbocycles. The zero-order valence-electron chi connectivity index (χ0n) is 12.2. The van der Waals surface area contributed by atoms with Gasteiger partial charge in [-0.1, -0.05) is 20.3 Å². The molecule has 1 fully saturated rings. The van der Waals surface area contributed by atoms with Crippen molar-refractivity contribution in [2.75, 3.05) is 19.7 Å². The maximum atomic E-state index is 12.1. The van der Waals surface area contributed by atoms with Crippen LogP contribution in [-0.4, -0.2) is 47.5 Å². The Kier molecular flexibility index (Phi) is 5.98. The van der Waals surface area contributed by atoms with Crippen LogP contribution in [0.5, 0.6) is 0 Å². The van der Waals surface area contributed by atoms with Crippen molar-refractivity contribution in [3.8, 4) is 0 Å². The lowest BCUT2D eigenvalue weighted by molar-refractivity contribution is -0.155. The third-order valence-electron chi connectivity index (χ3n) is 3.95. The molecule has 6 heteroatoms. The fourth-order valence-electron chi connectivity index (χ4n) is 2.38. The molecular formula is C14H23NO5. The summed E-state index contributed by atoms with van der Waals surface area (Å²) in [6.45, 7) is 4.54. The van der Waals surface area contributed by atoms with E-state index in [4.69, 9.17) is 4.74 Å². The number of unbranched alkanes of at least 4 members (excludes halogenated alkanes) is 1. The fourth-order valence-corrected chi connectivity index (χ4v) is 2.38. The fraction of sp³-hybridized carbons (Fsp3) is 0.786. The molecular weight excluding hydrogens is 262 g/mol. The molecule has 1 aliphatic rings. The number of carboxylic acid groups (broad SMARTS) is 1. The van der Waals surface area contributed by atoms with Crippen LogP contribution in [-0.2, 0) is 14.3 Å². The van der Waals surface area contributed by atoms with E-state index < -0.39 is 17.5 Å². The maximum Gasteiger partial charge on any atom is 0.409 e. The van der Waals surface area contributed by atoms with Crippen LogP contribution >= 0.6 is 0 Å². The van der Waals surface area contributed by atoms with Crippen LogP contribution in [0.1, 0.15) is 46.0 Å². The molecule has 1 saturated heterocycles. The Hall–Kier alpha value is -1.59. The van der Waals surface area contributed by atoms with E-state index >= 15 is 0 Å². The first-order valence-corrected chi connectivity index (χ1v) is 7.16. The van der Waals surface area contributed by atoms with Crippen LogP contribution in [0.3, 0.4) is 0 Å². The molecule has 1 heterocycles. The summed E-state index contributed by atoms with van der Waals surface area (Å²) in [6, 6.07) is 0. The van der Waals surface area contributed by atoms with Gasteiger partial charge in [0.25, 0.3) is 0 Å². The highest BCUT2D eigenvalue weighted by atomic mass is 16.6. The van der Waals surface area contributed by atoms with E-state index in [2.05, 4.69) is 0 Å². The molecule has 0 aromatic carbocycles. The van der Waals surface area contributed by atoms with Crippen molar-refractivity contribution in [1.29, 1.82) is 0 Å². The number of ketones is 1. The van der Waals surface area contributed by atoms with E-state index in [9.17, 15) is 19.5 Å². The Morgan fingerprint density at radius 3 is 2.60 bits per heavy atom. The molecule has 1 unspecified atom stereocenters. The molecule has 0 spiro atoms. The lowest BCUT2D eigenvalue weighted by Gasteiger charge is -2.25. The number of carbonyl (C=O) groups excluding carboxylic acids is 2. The number of nitrogens with zero attached hydrogens (tertiary/aromatic N) is 1. The molecule has 114 valence electrons. The van der Waals surface area contributed by atoms with Crippen LogP contribution in [0.15, 0.2) is 0 Å². The first-order valence-electron chi connectivity index (χ1n) is 7.16. The van der Waals surface area contributed by atoms with Crippen molar-refractivity contribution in [3.05, 3.63) is 0 Å². The highest BCUT2D eigenvalue weighted by molar-refractivity contribution is 6.03. The van der Waals surface area contributed by atoms with Gasteiger partial charge in [-0.3, -0.25) is 9.59 Å². The molecule has 0 aromatic rings. The molecule has 0 saturated carbocycles. The lowest BCUT2D eigenvalue weighted by atomic mass is 9.77. The van der Waals surface area contributed by atoms with E-state index in [1.54, 1.807) is 6.92 Å². The maximum absolute atomic E-state index is 12.1. The Labute approximate surface area is 119 Å². The van der Waals surface area contributed by atoms with Crippen molar-refractivity contribution in [2.24, 2.45) is 5.41 Å². The third kappa shape index (κ3) is 3.49. The zero-order chi connectivity index (χ0) is 15.2. The first-order chi connectivity index (χ1) is 9.47. The third-order valence-corrected chi connectivity index (χ3v) is 3.95. The minimum Gasteiger partial charge on any atom is -0.480 e. The molecule has 1 amide bonds. The van der Waals surface area contributed by atoms with Crippen molar-refractivity contribution in [1.82, 2.24) is 4.90 Å². The molecule has 1 atom stereocenters. The summed E-state index contributed by atoms with van der Waals surface area (Å²) in [6.07, 6.45) is 1.75. The second-order valence-corrected chi connectivity index (χ2v) is 5.12. The standard InChI is InChI=1S/C14H23NO5/c1-3-5-10-20-13(19)15-8-6-11(16)14(4-2,7-9-15)12(17)18/h3-10H2,1-2H3,(H,17,18). The smallest absolute Gasteiger partial charge is 0.409 e. The predicted molar refractivity (Wildman–Crippen MR) is 72.4 cm³/mol. The van der Waals surface area contributed by atoms with Gasteiger partial charge < -0.3 is 14.7 Å². The van der Waals surface area contributed by atoms with Crippen LogP contribution in [0.2, 0.25) is 0 Å². The van der Waals surface area contributed by atoms with Crippen molar-refractivity contribution < 1.29 is 24.2 Å². The van der Waals surface area contributed by atoms with Crippen LogP contribution < -0.4 is 0 Å². The minimum absolute atomic E-state index is 0.0724. The second kappa shape index (κ2) is 7.26. The molecule has 0 bridgehead atoms. The van der Waals surface area contributed by atoms with Crippen LogP contribution in [0, 0.1) is 5.41 Å². The Morgan fingerprint density at radius 2 is 2.05 bits per heavy atom. The monoisotopic (exact) mass is 285 g/mol. The van der Waals surface area contributed by atoms with Gasteiger partial charge in [-0.25, -0.2) is 4.79 Å². The number of likely N-dealkylation sites (tertiary alicyclic amines) is 1. The average Bonchev–Trinajstić information content (AvgIpc) is 2.59.